The summed E-state index contributed by atoms with van der Waals surface area (Å²) in [7, 11) is 0. The maximum Gasteiger partial charge on any atom is 0.201 e. The Labute approximate surface area is 148 Å². The van der Waals surface area contributed by atoms with Gasteiger partial charge in [-0.15, -0.1) is 0 Å². The van der Waals surface area contributed by atoms with E-state index in [9.17, 15) is 10.2 Å². The molecule has 124 valence electrons. The van der Waals surface area contributed by atoms with Crippen molar-refractivity contribution in [3.63, 3.8) is 0 Å². The van der Waals surface area contributed by atoms with Crippen molar-refractivity contribution in [1.82, 2.24) is 9.97 Å². The second-order valence-corrected chi connectivity index (χ2v) is 8.26. The average molecular weight is 387 g/mol. The van der Waals surface area contributed by atoms with Crippen molar-refractivity contribution in [2.45, 2.75) is 38.0 Å². The molecule has 3 atom stereocenters. The van der Waals surface area contributed by atoms with Crippen LogP contribution >= 0.6 is 15.9 Å². The van der Waals surface area contributed by atoms with E-state index in [0.717, 1.165) is 46.1 Å². The number of hydrogen-bond donors (Lipinski definition) is 4. The molecule has 2 aliphatic carbocycles. The SMILES string of the molecule is CC1CCC2c3c(O)[nH]c(O)c3-c3[nH]c4ccc(Br)cc4c3C2C1. The zero-order valence-electron chi connectivity index (χ0n) is 13.4. The van der Waals surface area contributed by atoms with E-state index in [2.05, 4.69) is 45.0 Å². The van der Waals surface area contributed by atoms with Crippen molar-refractivity contribution in [1.29, 1.82) is 0 Å². The predicted octanol–water partition coefficient (Wildman–Crippen LogP) is 5.34. The van der Waals surface area contributed by atoms with Gasteiger partial charge < -0.3 is 15.2 Å². The molecule has 4 N–H and O–H groups in total. The van der Waals surface area contributed by atoms with E-state index >= 15 is 0 Å². The molecule has 0 bridgehead atoms. The van der Waals surface area contributed by atoms with E-state index in [1.807, 2.05) is 6.07 Å². The lowest BCUT2D eigenvalue weighted by Crippen LogP contribution is -2.24. The topological polar surface area (TPSA) is 72.0 Å². The molecule has 1 fully saturated rings. The minimum atomic E-state index is 0.0615. The van der Waals surface area contributed by atoms with E-state index in [1.165, 1.54) is 10.9 Å². The fraction of sp³-hybridized carbons (Fsp3) is 0.368. The zero-order valence-corrected chi connectivity index (χ0v) is 14.9. The first-order chi connectivity index (χ1) is 11.5. The summed E-state index contributed by atoms with van der Waals surface area (Å²) in [6, 6.07) is 6.26. The van der Waals surface area contributed by atoms with Gasteiger partial charge in [-0.05, 0) is 54.4 Å². The van der Waals surface area contributed by atoms with Crippen LogP contribution in [0.1, 0.15) is 49.1 Å². The maximum absolute atomic E-state index is 10.4. The highest BCUT2D eigenvalue weighted by Crippen LogP contribution is 2.59. The summed E-state index contributed by atoms with van der Waals surface area (Å²) in [5.74, 6) is 1.50. The third kappa shape index (κ3) is 1.79. The molecule has 2 aromatic heterocycles. The molecule has 1 aromatic carbocycles. The third-order valence-electron chi connectivity index (χ3n) is 5.90. The van der Waals surface area contributed by atoms with Crippen molar-refractivity contribution in [3.05, 3.63) is 33.8 Å². The third-order valence-corrected chi connectivity index (χ3v) is 6.40. The molecule has 0 aliphatic heterocycles. The molecule has 4 nitrogen and oxygen atoms in total. The summed E-state index contributed by atoms with van der Waals surface area (Å²) in [5.41, 5.74) is 4.98. The Morgan fingerprint density at radius 3 is 2.71 bits per heavy atom. The number of benzene rings is 1. The number of aromatic amines is 2. The van der Waals surface area contributed by atoms with E-state index in [4.69, 9.17) is 0 Å². The Morgan fingerprint density at radius 1 is 1.04 bits per heavy atom. The number of fused-ring (bicyclic) bond motifs is 8. The van der Waals surface area contributed by atoms with Gasteiger partial charge in [-0.25, -0.2) is 0 Å². The molecule has 3 aromatic rings. The van der Waals surface area contributed by atoms with Crippen LogP contribution in [0.5, 0.6) is 11.8 Å². The van der Waals surface area contributed by atoms with Gasteiger partial charge in [0.05, 0.1) is 11.3 Å². The Kier molecular flexibility index (Phi) is 2.90. The van der Waals surface area contributed by atoms with Gasteiger partial charge >= 0.3 is 0 Å². The lowest BCUT2D eigenvalue weighted by Gasteiger charge is -2.38. The smallest absolute Gasteiger partial charge is 0.201 e. The highest BCUT2D eigenvalue weighted by Gasteiger charge is 2.43. The second-order valence-electron chi connectivity index (χ2n) is 7.35. The number of hydrogen-bond acceptors (Lipinski definition) is 2. The van der Waals surface area contributed by atoms with Gasteiger partial charge in [-0.1, -0.05) is 29.3 Å². The standard InChI is InChI=1S/C19H19BrN2O2/c1-8-2-4-10-11(6-8)14-12-7-9(20)3-5-13(12)21-17(14)16-15(10)18(23)22-19(16)24/h3,5,7-8,10-11,21-24H,2,4,6H2,1H3. The van der Waals surface area contributed by atoms with E-state index in [-0.39, 0.29) is 17.7 Å². The number of rotatable bonds is 0. The van der Waals surface area contributed by atoms with E-state index < -0.39 is 0 Å². The van der Waals surface area contributed by atoms with Crippen LogP contribution in [0.15, 0.2) is 22.7 Å². The zero-order chi connectivity index (χ0) is 16.6. The first-order valence-corrected chi connectivity index (χ1v) is 9.29. The van der Waals surface area contributed by atoms with Crippen LogP contribution in [0.2, 0.25) is 0 Å². The Morgan fingerprint density at radius 2 is 1.88 bits per heavy atom. The van der Waals surface area contributed by atoms with Gasteiger partial charge in [0.1, 0.15) is 0 Å². The molecule has 24 heavy (non-hydrogen) atoms. The van der Waals surface area contributed by atoms with Crippen LogP contribution in [0, 0.1) is 5.92 Å². The van der Waals surface area contributed by atoms with Crippen molar-refractivity contribution in [2.75, 3.05) is 0 Å². The fourth-order valence-corrected chi connectivity index (χ4v) is 5.28. The minimum Gasteiger partial charge on any atom is -0.494 e. The van der Waals surface area contributed by atoms with Crippen molar-refractivity contribution >= 4 is 26.8 Å². The van der Waals surface area contributed by atoms with Gasteiger partial charge in [0.25, 0.3) is 0 Å². The molecular formula is C19H19BrN2O2. The van der Waals surface area contributed by atoms with Gasteiger partial charge in [-0.2, -0.15) is 0 Å². The predicted molar refractivity (Wildman–Crippen MR) is 97.6 cm³/mol. The lowest BCUT2D eigenvalue weighted by atomic mass is 9.65. The van der Waals surface area contributed by atoms with E-state index in [0.29, 0.717) is 11.8 Å². The monoisotopic (exact) mass is 386 g/mol. The van der Waals surface area contributed by atoms with Crippen LogP contribution in [0.3, 0.4) is 0 Å². The number of H-pyrrole nitrogens is 2. The Hall–Kier alpha value is -1.88. The van der Waals surface area contributed by atoms with Crippen LogP contribution < -0.4 is 0 Å². The number of nitrogens with one attached hydrogen (secondary N) is 2. The van der Waals surface area contributed by atoms with Crippen molar-refractivity contribution in [2.24, 2.45) is 5.92 Å². The summed E-state index contributed by atoms with van der Waals surface area (Å²) in [6.07, 6.45) is 3.32. The van der Waals surface area contributed by atoms with Gasteiger partial charge in [0.15, 0.2) is 5.88 Å². The molecule has 5 rings (SSSR count). The van der Waals surface area contributed by atoms with Crippen LogP contribution in [-0.4, -0.2) is 20.2 Å². The molecule has 5 heteroatoms. The first kappa shape index (κ1) is 14.5. The highest BCUT2D eigenvalue weighted by molar-refractivity contribution is 9.10. The average Bonchev–Trinajstić information content (AvgIpc) is 3.05. The van der Waals surface area contributed by atoms with E-state index in [1.54, 1.807) is 0 Å². The van der Waals surface area contributed by atoms with Gasteiger partial charge in [0, 0.05) is 20.9 Å². The van der Waals surface area contributed by atoms with Gasteiger partial charge in [-0.3, -0.25) is 4.98 Å². The Bertz CT molecular complexity index is 972. The summed E-state index contributed by atoms with van der Waals surface area (Å²) < 4.78 is 1.06. The summed E-state index contributed by atoms with van der Waals surface area (Å²) in [6.45, 7) is 2.31. The summed E-state index contributed by atoms with van der Waals surface area (Å²) in [4.78, 5) is 6.23. The molecule has 2 heterocycles. The highest BCUT2D eigenvalue weighted by atomic mass is 79.9. The molecule has 0 radical (unpaired) electrons. The molecule has 0 amide bonds. The molecule has 2 aliphatic rings. The maximum atomic E-state index is 10.4. The van der Waals surface area contributed by atoms with Crippen LogP contribution in [0.25, 0.3) is 22.2 Å². The first-order valence-electron chi connectivity index (χ1n) is 8.50. The quantitative estimate of drug-likeness (QED) is 0.421. The largest absolute Gasteiger partial charge is 0.494 e. The number of halogens is 1. The Balaban J connectivity index is 1.88. The fourth-order valence-electron chi connectivity index (χ4n) is 4.91. The van der Waals surface area contributed by atoms with Crippen LogP contribution in [0.4, 0.5) is 0 Å². The van der Waals surface area contributed by atoms with Crippen molar-refractivity contribution < 1.29 is 10.2 Å². The number of aromatic hydroxyl groups is 2. The molecule has 1 saturated carbocycles. The summed E-state index contributed by atoms with van der Waals surface area (Å²) >= 11 is 3.59. The molecule has 3 unspecified atom stereocenters. The lowest BCUT2D eigenvalue weighted by molar-refractivity contribution is 0.299. The summed E-state index contributed by atoms with van der Waals surface area (Å²) in [5, 5.41) is 22.0. The number of aromatic nitrogens is 2. The van der Waals surface area contributed by atoms with Gasteiger partial charge in [0.2, 0.25) is 5.88 Å². The van der Waals surface area contributed by atoms with Crippen molar-refractivity contribution in [3.8, 4) is 23.0 Å². The molecule has 0 spiro atoms. The molecular weight excluding hydrogens is 368 g/mol. The second kappa shape index (κ2) is 4.82. The minimum absolute atomic E-state index is 0.0615. The van der Waals surface area contributed by atoms with Crippen LogP contribution in [-0.2, 0) is 0 Å². The normalized spacial score (nSPS) is 25.3. The molecule has 0 saturated heterocycles.